The van der Waals surface area contributed by atoms with E-state index in [0.717, 1.165) is 38.3 Å². The van der Waals surface area contributed by atoms with Crippen LogP contribution in [0.1, 0.15) is 37.7 Å². The van der Waals surface area contributed by atoms with Gasteiger partial charge in [0.2, 0.25) is 0 Å². The van der Waals surface area contributed by atoms with Gasteiger partial charge in [-0.2, -0.15) is 13.2 Å². The Morgan fingerprint density at radius 2 is 1.54 bits per heavy atom. The predicted molar refractivity (Wildman–Crippen MR) is 97.5 cm³/mol. The number of anilines is 1. The van der Waals surface area contributed by atoms with Crippen molar-refractivity contribution in [2.45, 2.75) is 50.4 Å². The Balaban J connectivity index is 1.34. The lowest BCUT2D eigenvalue weighted by atomic mass is 9.89. The van der Waals surface area contributed by atoms with Crippen LogP contribution in [0, 0.1) is 0 Å². The SMILES string of the molecule is FC(F)(F)c1cccc(N2CCN(C3CCCN(C4CCC4)C3)CC2)c1. The fourth-order valence-corrected chi connectivity index (χ4v) is 4.59. The van der Waals surface area contributed by atoms with Crippen molar-refractivity contribution in [2.24, 2.45) is 0 Å². The first kappa shape index (κ1) is 18.1. The number of benzene rings is 1. The molecule has 0 spiro atoms. The molecular weight excluding hydrogens is 339 g/mol. The van der Waals surface area contributed by atoms with Gasteiger partial charge < -0.3 is 4.90 Å². The first-order valence-electron chi connectivity index (χ1n) is 9.91. The van der Waals surface area contributed by atoms with Gasteiger partial charge in [0.15, 0.2) is 0 Å². The summed E-state index contributed by atoms with van der Waals surface area (Å²) in [5.41, 5.74) is 0.139. The molecule has 26 heavy (non-hydrogen) atoms. The summed E-state index contributed by atoms with van der Waals surface area (Å²) in [5.74, 6) is 0. The van der Waals surface area contributed by atoms with Crippen LogP contribution >= 0.6 is 0 Å². The summed E-state index contributed by atoms with van der Waals surface area (Å²) < 4.78 is 38.8. The van der Waals surface area contributed by atoms with Crippen molar-refractivity contribution in [3.05, 3.63) is 29.8 Å². The van der Waals surface area contributed by atoms with Gasteiger partial charge >= 0.3 is 6.18 Å². The number of nitrogens with zero attached hydrogens (tertiary/aromatic N) is 3. The maximum absolute atomic E-state index is 12.9. The molecule has 0 bridgehead atoms. The summed E-state index contributed by atoms with van der Waals surface area (Å²) in [5, 5.41) is 0. The van der Waals surface area contributed by atoms with Gasteiger partial charge in [-0.25, -0.2) is 0 Å². The lowest BCUT2D eigenvalue weighted by molar-refractivity contribution is -0.137. The topological polar surface area (TPSA) is 9.72 Å². The number of likely N-dealkylation sites (tertiary alicyclic amines) is 1. The van der Waals surface area contributed by atoms with Crippen molar-refractivity contribution in [1.29, 1.82) is 0 Å². The van der Waals surface area contributed by atoms with E-state index in [1.54, 1.807) is 6.07 Å². The molecule has 0 N–H and O–H groups in total. The first-order chi connectivity index (χ1) is 12.5. The minimum absolute atomic E-state index is 0.555. The molecule has 0 radical (unpaired) electrons. The second kappa shape index (κ2) is 7.39. The summed E-state index contributed by atoms with van der Waals surface area (Å²) >= 11 is 0. The van der Waals surface area contributed by atoms with Crippen molar-refractivity contribution in [2.75, 3.05) is 44.2 Å². The average Bonchev–Trinajstić information content (AvgIpc) is 2.60. The highest BCUT2D eigenvalue weighted by Crippen LogP contribution is 2.32. The molecule has 3 nitrogen and oxygen atoms in total. The number of piperidine rings is 1. The van der Waals surface area contributed by atoms with Gasteiger partial charge in [-0.05, 0) is 50.4 Å². The Morgan fingerprint density at radius 3 is 2.19 bits per heavy atom. The predicted octanol–water partition coefficient (Wildman–Crippen LogP) is 3.84. The zero-order chi connectivity index (χ0) is 18.1. The molecule has 2 saturated heterocycles. The second-order valence-corrected chi connectivity index (χ2v) is 7.95. The highest BCUT2D eigenvalue weighted by Gasteiger charge is 2.34. The molecule has 2 heterocycles. The second-order valence-electron chi connectivity index (χ2n) is 7.95. The monoisotopic (exact) mass is 367 g/mol. The number of piperazine rings is 1. The van der Waals surface area contributed by atoms with Crippen molar-refractivity contribution < 1.29 is 13.2 Å². The fraction of sp³-hybridized carbons (Fsp3) is 0.700. The van der Waals surface area contributed by atoms with Gasteiger partial charge in [-0.1, -0.05) is 12.5 Å². The minimum atomic E-state index is -4.27. The van der Waals surface area contributed by atoms with Crippen LogP contribution in [0.4, 0.5) is 18.9 Å². The van der Waals surface area contributed by atoms with E-state index in [-0.39, 0.29) is 0 Å². The van der Waals surface area contributed by atoms with Crippen molar-refractivity contribution in [3.63, 3.8) is 0 Å². The molecule has 4 rings (SSSR count). The summed E-state index contributed by atoms with van der Waals surface area (Å²) in [6, 6.07) is 7.18. The van der Waals surface area contributed by atoms with Crippen LogP contribution in [0.25, 0.3) is 0 Å². The maximum Gasteiger partial charge on any atom is 0.416 e. The quantitative estimate of drug-likeness (QED) is 0.804. The van der Waals surface area contributed by atoms with Crippen LogP contribution in [-0.4, -0.2) is 61.2 Å². The molecule has 1 aromatic rings. The van der Waals surface area contributed by atoms with Crippen LogP contribution in [0.5, 0.6) is 0 Å². The molecule has 1 unspecified atom stereocenters. The zero-order valence-corrected chi connectivity index (χ0v) is 15.2. The highest BCUT2D eigenvalue weighted by molar-refractivity contribution is 5.49. The molecule has 2 aliphatic heterocycles. The van der Waals surface area contributed by atoms with E-state index in [1.165, 1.54) is 57.3 Å². The van der Waals surface area contributed by atoms with Gasteiger partial charge in [0, 0.05) is 50.5 Å². The normalized spacial score (nSPS) is 26.7. The Hall–Kier alpha value is -1.27. The van der Waals surface area contributed by atoms with Crippen LogP contribution in [0.3, 0.4) is 0 Å². The molecule has 1 aromatic carbocycles. The van der Waals surface area contributed by atoms with Crippen molar-refractivity contribution in [3.8, 4) is 0 Å². The van der Waals surface area contributed by atoms with Crippen LogP contribution < -0.4 is 4.90 Å². The Labute approximate surface area is 153 Å². The molecule has 3 aliphatic rings. The number of halogens is 3. The van der Waals surface area contributed by atoms with Gasteiger partial charge in [-0.15, -0.1) is 0 Å². The molecule has 1 saturated carbocycles. The van der Waals surface area contributed by atoms with E-state index in [0.29, 0.717) is 11.7 Å². The largest absolute Gasteiger partial charge is 0.416 e. The van der Waals surface area contributed by atoms with E-state index in [9.17, 15) is 13.2 Å². The Bertz CT molecular complexity index is 607. The lowest BCUT2D eigenvalue weighted by Crippen LogP contribution is -2.57. The first-order valence-corrected chi connectivity index (χ1v) is 9.91. The third kappa shape index (κ3) is 3.86. The zero-order valence-electron chi connectivity index (χ0n) is 15.2. The van der Waals surface area contributed by atoms with E-state index in [2.05, 4.69) is 14.7 Å². The van der Waals surface area contributed by atoms with E-state index < -0.39 is 11.7 Å². The van der Waals surface area contributed by atoms with Crippen molar-refractivity contribution >= 4 is 5.69 Å². The molecule has 0 aromatic heterocycles. The lowest BCUT2D eigenvalue weighted by Gasteiger charge is -2.47. The van der Waals surface area contributed by atoms with E-state index in [4.69, 9.17) is 0 Å². The molecule has 144 valence electrons. The van der Waals surface area contributed by atoms with Crippen molar-refractivity contribution in [1.82, 2.24) is 9.80 Å². The number of hydrogen-bond acceptors (Lipinski definition) is 3. The van der Waals surface area contributed by atoms with Gasteiger partial charge in [0.1, 0.15) is 0 Å². The van der Waals surface area contributed by atoms with Gasteiger partial charge in [0.25, 0.3) is 0 Å². The van der Waals surface area contributed by atoms with Crippen LogP contribution in [-0.2, 0) is 6.18 Å². The molecule has 1 atom stereocenters. The van der Waals surface area contributed by atoms with Crippen LogP contribution in [0.15, 0.2) is 24.3 Å². The summed E-state index contributed by atoms with van der Waals surface area (Å²) in [7, 11) is 0. The molecule has 3 fully saturated rings. The third-order valence-corrected chi connectivity index (χ3v) is 6.39. The molecular formula is C20H28F3N3. The van der Waals surface area contributed by atoms with E-state index in [1.807, 2.05) is 0 Å². The Morgan fingerprint density at radius 1 is 0.808 bits per heavy atom. The summed E-state index contributed by atoms with van der Waals surface area (Å²) in [6.45, 7) is 5.92. The minimum Gasteiger partial charge on any atom is -0.369 e. The van der Waals surface area contributed by atoms with E-state index >= 15 is 0 Å². The third-order valence-electron chi connectivity index (χ3n) is 6.39. The summed E-state index contributed by atoms with van der Waals surface area (Å²) in [4.78, 5) is 7.34. The highest BCUT2D eigenvalue weighted by atomic mass is 19.4. The number of rotatable bonds is 3. The fourth-order valence-electron chi connectivity index (χ4n) is 4.59. The number of alkyl halides is 3. The standard InChI is InChI=1S/C20H28F3N3/c21-20(22,23)16-4-1-7-18(14-16)24-10-12-25(13-11-24)19-8-3-9-26(15-19)17-5-2-6-17/h1,4,7,14,17,19H,2-3,5-6,8-13,15H2. The smallest absolute Gasteiger partial charge is 0.369 e. The maximum atomic E-state index is 12.9. The molecule has 0 amide bonds. The summed E-state index contributed by atoms with van der Waals surface area (Å²) in [6.07, 6.45) is 2.35. The van der Waals surface area contributed by atoms with Gasteiger partial charge in [0.05, 0.1) is 5.56 Å². The van der Waals surface area contributed by atoms with Gasteiger partial charge in [-0.3, -0.25) is 9.80 Å². The molecule has 1 aliphatic carbocycles. The average molecular weight is 367 g/mol. The molecule has 6 heteroatoms. The number of hydrogen-bond donors (Lipinski definition) is 0. The van der Waals surface area contributed by atoms with Crippen LogP contribution in [0.2, 0.25) is 0 Å². The Kier molecular flexibility index (Phi) is 5.15.